The number of carbonyl (C=O) groups excluding carboxylic acids is 1. The van der Waals surface area contributed by atoms with Crippen molar-refractivity contribution in [3.63, 3.8) is 0 Å². The summed E-state index contributed by atoms with van der Waals surface area (Å²) in [4.78, 5) is 12.4. The van der Waals surface area contributed by atoms with Crippen LogP contribution in [0.5, 0.6) is 0 Å². The van der Waals surface area contributed by atoms with Crippen LogP contribution in [0.1, 0.15) is 63.8 Å². The SMILES string of the molecule is CC(C)C[C@H](NC(=O)/C=C/c1ccc(C(C)(C)C)cc1)c1ccccc1. The quantitative estimate of drug-likeness (QED) is 0.646. The third-order valence-electron chi connectivity index (χ3n) is 4.43. The van der Waals surface area contributed by atoms with Gasteiger partial charge in [0.15, 0.2) is 0 Å². The minimum atomic E-state index is -0.0561. The molecule has 1 amide bonds. The summed E-state index contributed by atoms with van der Waals surface area (Å²) in [5.74, 6) is 0.453. The van der Waals surface area contributed by atoms with E-state index in [0.29, 0.717) is 5.92 Å². The zero-order chi connectivity index (χ0) is 19.2. The van der Waals surface area contributed by atoms with Gasteiger partial charge in [0.1, 0.15) is 0 Å². The standard InChI is InChI=1S/C24H31NO/c1-18(2)17-22(20-9-7-6-8-10-20)25-23(26)16-13-19-11-14-21(15-12-19)24(3,4)5/h6-16,18,22H,17H2,1-5H3,(H,25,26)/b16-13+/t22-/m0/s1. The van der Waals surface area contributed by atoms with Gasteiger partial charge in [-0.3, -0.25) is 4.79 Å². The van der Waals surface area contributed by atoms with Crippen molar-refractivity contribution in [2.24, 2.45) is 5.92 Å². The fraction of sp³-hybridized carbons (Fsp3) is 0.375. The molecule has 0 aliphatic heterocycles. The van der Waals surface area contributed by atoms with Crippen LogP contribution in [0, 0.1) is 5.92 Å². The van der Waals surface area contributed by atoms with Crippen molar-refractivity contribution in [3.8, 4) is 0 Å². The lowest BCUT2D eigenvalue weighted by Crippen LogP contribution is -2.27. The number of hydrogen-bond donors (Lipinski definition) is 1. The molecule has 1 N–H and O–H groups in total. The Morgan fingerprint density at radius 2 is 1.62 bits per heavy atom. The highest BCUT2D eigenvalue weighted by Gasteiger charge is 2.15. The first-order chi connectivity index (χ1) is 12.3. The van der Waals surface area contributed by atoms with Crippen molar-refractivity contribution >= 4 is 12.0 Å². The van der Waals surface area contributed by atoms with Gasteiger partial charge in [-0.05, 0) is 40.5 Å². The molecule has 26 heavy (non-hydrogen) atoms. The predicted molar refractivity (Wildman–Crippen MR) is 111 cm³/mol. The Morgan fingerprint density at radius 1 is 1.00 bits per heavy atom. The Morgan fingerprint density at radius 3 is 2.15 bits per heavy atom. The van der Waals surface area contributed by atoms with E-state index in [9.17, 15) is 4.79 Å². The summed E-state index contributed by atoms with van der Waals surface area (Å²) in [6, 6.07) is 18.6. The molecule has 0 unspecified atom stereocenters. The number of carbonyl (C=O) groups is 1. The monoisotopic (exact) mass is 349 g/mol. The van der Waals surface area contributed by atoms with Gasteiger partial charge in [-0.1, -0.05) is 89.2 Å². The van der Waals surface area contributed by atoms with Crippen molar-refractivity contribution in [1.82, 2.24) is 5.32 Å². The van der Waals surface area contributed by atoms with Crippen molar-refractivity contribution < 1.29 is 4.79 Å². The first kappa shape index (κ1) is 20.0. The summed E-state index contributed by atoms with van der Waals surface area (Å²) in [5, 5.41) is 3.14. The largest absolute Gasteiger partial charge is 0.346 e. The summed E-state index contributed by atoms with van der Waals surface area (Å²) < 4.78 is 0. The van der Waals surface area contributed by atoms with Crippen molar-refractivity contribution in [2.45, 2.75) is 52.5 Å². The van der Waals surface area contributed by atoms with Gasteiger partial charge in [-0.15, -0.1) is 0 Å². The first-order valence-electron chi connectivity index (χ1n) is 9.40. The maximum atomic E-state index is 12.4. The zero-order valence-electron chi connectivity index (χ0n) is 16.6. The molecular formula is C24H31NO. The first-order valence-corrected chi connectivity index (χ1v) is 9.40. The summed E-state index contributed by atoms with van der Waals surface area (Å²) in [6.07, 6.45) is 4.42. The second-order valence-corrected chi connectivity index (χ2v) is 8.31. The van der Waals surface area contributed by atoms with Gasteiger partial charge < -0.3 is 5.32 Å². The molecule has 1 atom stereocenters. The fourth-order valence-electron chi connectivity index (χ4n) is 2.92. The molecule has 2 aromatic carbocycles. The number of nitrogens with one attached hydrogen (secondary N) is 1. The topological polar surface area (TPSA) is 29.1 Å². The smallest absolute Gasteiger partial charge is 0.244 e. The van der Waals surface area contributed by atoms with Crippen molar-refractivity contribution in [3.05, 3.63) is 77.4 Å². The second kappa shape index (κ2) is 8.84. The highest BCUT2D eigenvalue weighted by Crippen LogP contribution is 2.23. The lowest BCUT2D eigenvalue weighted by Gasteiger charge is -2.20. The molecular weight excluding hydrogens is 318 g/mol. The van der Waals surface area contributed by atoms with E-state index in [4.69, 9.17) is 0 Å². The molecule has 0 heterocycles. The van der Waals surface area contributed by atoms with E-state index >= 15 is 0 Å². The van der Waals surface area contributed by atoms with Gasteiger partial charge >= 0.3 is 0 Å². The molecule has 0 aromatic heterocycles. The molecule has 0 fully saturated rings. The predicted octanol–water partition coefficient (Wildman–Crippen LogP) is 5.90. The van der Waals surface area contributed by atoms with E-state index in [1.807, 2.05) is 24.3 Å². The Labute approximate surface area is 158 Å². The average Bonchev–Trinajstić information content (AvgIpc) is 2.59. The molecule has 0 saturated heterocycles. The van der Waals surface area contributed by atoms with Gasteiger partial charge in [0.2, 0.25) is 5.91 Å². The van der Waals surface area contributed by atoms with Crippen molar-refractivity contribution in [1.29, 1.82) is 0 Å². The molecule has 2 nitrogen and oxygen atoms in total. The number of benzene rings is 2. The lowest BCUT2D eigenvalue weighted by atomic mass is 9.87. The maximum Gasteiger partial charge on any atom is 0.244 e. The molecule has 2 aromatic rings. The Hall–Kier alpha value is -2.35. The van der Waals surface area contributed by atoms with Gasteiger partial charge in [0.25, 0.3) is 0 Å². The number of rotatable bonds is 6. The Kier molecular flexibility index (Phi) is 6.79. The van der Waals surface area contributed by atoms with E-state index < -0.39 is 0 Å². The molecule has 0 aliphatic carbocycles. The molecule has 138 valence electrons. The highest BCUT2D eigenvalue weighted by atomic mass is 16.1. The second-order valence-electron chi connectivity index (χ2n) is 8.31. The Balaban J connectivity index is 2.04. The van der Waals surface area contributed by atoms with Gasteiger partial charge in [-0.25, -0.2) is 0 Å². The minimum absolute atomic E-state index is 0.0385. The van der Waals surface area contributed by atoms with Crippen LogP contribution in [0.4, 0.5) is 0 Å². The van der Waals surface area contributed by atoms with Crippen LogP contribution in [0.25, 0.3) is 6.08 Å². The van der Waals surface area contributed by atoms with Crippen LogP contribution in [-0.4, -0.2) is 5.91 Å². The Bertz CT molecular complexity index is 721. The summed E-state index contributed by atoms with van der Waals surface area (Å²) in [5.41, 5.74) is 3.62. The van der Waals surface area contributed by atoms with Crippen LogP contribution >= 0.6 is 0 Å². The van der Waals surface area contributed by atoms with Crippen LogP contribution < -0.4 is 5.32 Å². The third-order valence-corrected chi connectivity index (χ3v) is 4.43. The van der Waals surface area contributed by atoms with Gasteiger partial charge in [0.05, 0.1) is 6.04 Å². The molecule has 2 rings (SSSR count). The lowest BCUT2D eigenvalue weighted by molar-refractivity contribution is -0.117. The van der Waals surface area contributed by atoms with Gasteiger partial charge in [-0.2, -0.15) is 0 Å². The van der Waals surface area contributed by atoms with Crippen LogP contribution in [-0.2, 0) is 10.2 Å². The molecule has 0 aliphatic rings. The van der Waals surface area contributed by atoms with Gasteiger partial charge in [0, 0.05) is 6.08 Å². The summed E-state index contributed by atoms with van der Waals surface area (Å²) in [6.45, 7) is 10.9. The number of hydrogen-bond acceptors (Lipinski definition) is 1. The molecule has 2 heteroatoms. The van der Waals surface area contributed by atoms with E-state index in [-0.39, 0.29) is 17.4 Å². The summed E-state index contributed by atoms with van der Waals surface area (Å²) >= 11 is 0. The third kappa shape index (κ3) is 6.18. The van der Waals surface area contributed by atoms with E-state index in [0.717, 1.165) is 17.5 Å². The minimum Gasteiger partial charge on any atom is -0.346 e. The molecule has 0 radical (unpaired) electrons. The van der Waals surface area contributed by atoms with E-state index in [2.05, 4.69) is 76.3 Å². The zero-order valence-corrected chi connectivity index (χ0v) is 16.6. The number of amides is 1. The maximum absolute atomic E-state index is 12.4. The van der Waals surface area contributed by atoms with Crippen LogP contribution in [0.3, 0.4) is 0 Å². The highest BCUT2D eigenvalue weighted by molar-refractivity contribution is 5.92. The van der Waals surface area contributed by atoms with E-state index in [1.54, 1.807) is 6.08 Å². The average molecular weight is 350 g/mol. The normalized spacial score (nSPS) is 13.2. The molecule has 0 bridgehead atoms. The fourth-order valence-corrected chi connectivity index (χ4v) is 2.92. The van der Waals surface area contributed by atoms with Crippen LogP contribution in [0.2, 0.25) is 0 Å². The molecule has 0 spiro atoms. The van der Waals surface area contributed by atoms with Crippen LogP contribution in [0.15, 0.2) is 60.7 Å². The van der Waals surface area contributed by atoms with Crippen molar-refractivity contribution in [2.75, 3.05) is 0 Å². The summed E-state index contributed by atoms with van der Waals surface area (Å²) in [7, 11) is 0. The van der Waals surface area contributed by atoms with E-state index in [1.165, 1.54) is 5.56 Å². The molecule has 0 saturated carbocycles.